The van der Waals surface area contributed by atoms with Crippen LogP contribution in [0.3, 0.4) is 0 Å². The van der Waals surface area contributed by atoms with Crippen LogP contribution < -0.4 is 0 Å². The number of halogens is 1. The Bertz CT molecular complexity index is 321. The van der Waals surface area contributed by atoms with Crippen LogP contribution in [0.1, 0.15) is 29.3 Å². The molecule has 1 aromatic rings. The van der Waals surface area contributed by atoms with Crippen molar-refractivity contribution in [1.82, 2.24) is 0 Å². The van der Waals surface area contributed by atoms with Crippen molar-refractivity contribution in [3.63, 3.8) is 0 Å². The standard InChI is InChI=1S/C10H11BrO2/c1-2-3-7-4-9(11)5-8(6-12)10(7)13/h4-6,13H,2-3H2,1H3. The molecular weight excluding hydrogens is 232 g/mol. The molecule has 0 saturated heterocycles. The molecule has 0 amide bonds. The zero-order valence-corrected chi connectivity index (χ0v) is 8.97. The number of aldehydes is 1. The van der Waals surface area contributed by atoms with E-state index in [1.54, 1.807) is 6.07 Å². The van der Waals surface area contributed by atoms with Crippen LogP contribution in [0, 0.1) is 0 Å². The maximum Gasteiger partial charge on any atom is 0.153 e. The van der Waals surface area contributed by atoms with Gasteiger partial charge in [-0.2, -0.15) is 0 Å². The number of hydrogen-bond acceptors (Lipinski definition) is 2. The Morgan fingerprint density at radius 1 is 1.54 bits per heavy atom. The molecule has 0 spiro atoms. The summed E-state index contributed by atoms with van der Waals surface area (Å²) in [6.45, 7) is 2.03. The molecule has 70 valence electrons. The van der Waals surface area contributed by atoms with Gasteiger partial charge in [0.1, 0.15) is 5.75 Å². The van der Waals surface area contributed by atoms with Crippen LogP contribution in [-0.4, -0.2) is 11.4 Å². The number of aromatic hydroxyl groups is 1. The van der Waals surface area contributed by atoms with Crippen molar-refractivity contribution in [1.29, 1.82) is 0 Å². The molecular formula is C10H11BrO2. The molecule has 13 heavy (non-hydrogen) atoms. The zero-order chi connectivity index (χ0) is 9.84. The van der Waals surface area contributed by atoms with E-state index in [1.807, 2.05) is 13.0 Å². The fraction of sp³-hybridized carbons (Fsp3) is 0.300. The van der Waals surface area contributed by atoms with Gasteiger partial charge in [0.05, 0.1) is 5.56 Å². The third kappa shape index (κ3) is 2.31. The molecule has 0 bridgehead atoms. The van der Waals surface area contributed by atoms with Crippen LogP contribution >= 0.6 is 15.9 Å². The van der Waals surface area contributed by atoms with Crippen LogP contribution in [0.2, 0.25) is 0 Å². The Balaban J connectivity index is 3.18. The van der Waals surface area contributed by atoms with Crippen molar-refractivity contribution in [2.75, 3.05) is 0 Å². The molecule has 0 saturated carbocycles. The molecule has 0 aliphatic rings. The Labute approximate surface area is 85.7 Å². The molecule has 0 heterocycles. The van der Waals surface area contributed by atoms with Crippen LogP contribution in [0.4, 0.5) is 0 Å². The molecule has 1 aromatic carbocycles. The van der Waals surface area contributed by atoms with Crippen molar-refractivity contribution in [2.45, 2.75) is 19.8 Å². The second-order valence-corrected chi connectivity index (χ2v) is 3.79. The Morgan fingerprint density at radius 2 is 2.23 bits per heavy atom. The number of carbonyl (C=O) groups excluding carboxylic acids is 1. The molecule has 0 fully saturated rings. The maximum absolute atomic E-state index is 10.6. The lowest BCUT2D eigenvalue weighted by atomic mass is 10.1. The highest BCUT2D eigenvalue weighted by molar-refractivity contribution is 9.10. The summed E-state index contributed by atoms with van der Waals surface area (Å²) in [5, 5.41) is 9.59. The predicted octanol–water partition coefficient (Wildman–Crippen LogP) is 2.92. The van der Waals surface area contributed by atoms with Crippen LogP contribution in [0.5, 0.6) is 5.75 Å². The lowest BCUT2D eigenvalue weighted by molar-refractivity contribution is 0.112. The van der Waals surface area contributed by atoms with E-state index in [4.69, 9.17) is 0 Å². The van der Waals surface area contributed by atoms with Gasteiger partial charge in [-0.3, -0.25) is 4.79 Å². The van der Waals surface area contributed by atoms with E-state index in [1.165, 1.54) is 0 Å². The number of phenols is 1. The minimum absolute atomic E-state index is 0.111. The summed E-state index contributed by atoms with van der Waals surface area (Å²) < 4.78 is 0.829. The van der Waals surface area contributed by atoms with Crippen molar-refractivity contribution < 1.29 is 9.90 Å². The lowest BCUT2D eigenvalue weighted by Gasteiger charge is -2.05. The summed E-state index contributed by atoms with van der Waals surface area (Å²) in [6.07, 6.45) is 2.40. The molecule has 0 unspecified atom stereocenters. The summed E-state index contributed by atoms with van der Waals surface area (Å²) >= 11 is 3.29. The molecule has 1 rings (SSSR count). The third-order valence-electron chi connectivity index (χ3n) is 1.83. The van der Waals surface area contributed by atoms with Gasteiger partial charge in [-0.05, 0) is 24.1 Å². The minimum atomic E-state index is 0.111. The Kier molecular flexibility index (Phi) is 3.48. The molecule has 0 aromatic heterocycles. The highest BCUT2D eigenvalue weighted by atomic mass is 79.9. The minimum Gasteiger partial charge on any atom is -0.507 e. The van der Waals surface area contributed by atoms with Crippen molar-refractivity contribution in [3.05, 3.63) is 27.7 Å². The summed E-state index contributed by atoms with van der Waals surface area (Å²) in [6, 6.07) is 3.45. The van der Waals surface area contributed by atoms with E-state index in [9.17, 15) is 9.90 Å². The maximum atomic E-state index is 10.6. The first kappa shape index (κ1) is 10.3. The zero-order valence-electron chi connectivity index (χ0n) is 7.38. The lowest BCUT2D eigenvalue weighted by Crippen LogP contribution is -1.90. The topological polar surface area (TPSA) is 37.3 Å². The van der Waals surface area contributed by atoms with Gasteiger partial charge in [0, 0.05) is 4.47 Å². The van der Waals surface area contributed by atoms with Crippen LogP contribution in [0.25, 0.3) is 0 Å². The third-order valence-corrected chi connectivity index (χ3v) is 2.29. The molecule has 0 aliphatic carbocycles. The fourth-order valence-electron chi connectivity index (χ4n) is 1.23. The van der Waals surface area contributed by atoms with Gasteiger partial charge >= 0.3 is 0 Å². The molecule has 0 aliphatic heterocycles. The highest BCUT2D eigenvalue weighted by Gasteiger charge is 2.07. The second kappa shape index (κ2) is 4.42. The first-order chi connectivity index (χ1) is 6.19. The number of carbonyl (C=O) groups is 1. The number of benzene rings is 1. The number of aryl methyl sites for hydroxylation is 1. The fourth-order valence-corrected chi connectivity index (χ4v) is 1.75. The quantitative estimate of drug-likeness (QED) is 0.828. The van der Waals surface area contributed by atoms with E-state index in [0.29, 0.717) is 11.8 Å². The summed E-state index contributed by atoms with van der Waals surface area (Å²) in [5.41, 5.74) is 1.16. The normalized spacial score (nSPS) is 10.0. The van der Waals surface area contributed by atoms with Gasteiger partial charge in [-0.15, -0.1) is 0 Å². The largest absolute Gasteiger partial charge is 0.507 e. The van der Waals surface area contributed by atoms with Crippen molar-refractivity contribution >= 4 is 22.2 Å². The first-order valence-electron chi connectivity index (χ1n) is 4.15. The molecule has 0 atom stereocenters. The van der Waals surface area contributed by atoms with Gasteiger partial charge in [0.15, 0.2) is 6.29 Å². The van der Waals surface area contributed by atoms with Gasteiger partial charge in [0.2, 0.25) is 0 Å². The highest BCUT2D eigenvalue weighted by Crippen LogP contribution is 2.27. The van der Waals surface area contributed by atoms with Gasteiger partial charge in [0.25, 0.3) is 0 Å². The van der Waals surface area contributed by atoms with Gasteiger partial charge < -0.3 is 5.11 Å². The van der Waals surface area contributed by atoms with Crippen molar-refractivity contribution in [3.8, 4) is 5.75 Å². The molecule has 1 N–H and O–H groups in total. The van der Waals surface area contributed by atoms with Crippen molar-refractivity contribution in [2.24, 2.45) is 0 Å². The van der Waals surface area contributed by atoms with E-state index in [-0.39, 0.29) is 5.75 Å². The van der Waals surface area contributed by atoms with E-state index in [2.05, 4.69) is 15.9 Å². The number of phenolic OH excluding ortho intramolecular Hbond substituents is 1. The molecule has 2 nitrogen and oxygen atoms in total. The number of hydrogen-bond donors (Lipinski definition) is 1. The number of rotatable bonds is 3. The van der Waals surface area contributed by atoms with E-state index < -0.39 is 0 Å². The second-order valence-electron chi connectivity index (χ2n) is 2.87. The van der Waals surface area contributed by atoms with Crippen LogP contribution in [0.15, 0.2) is 16.6 Å². The Hall–Kier alpha value is -0.830. The monoisotopic (exact) mass is 242 g/mol. The first-order valence-corrected chi connectivity index (χ1v) is 4.95. The van der Waals surface area contributed by atoms with E-state index >= 15 is 0 Å². The smallest absolute Gasteiger partial charge is 0.153 e. The average molecular weight is 243 g/mol. The van der Waals surface area contributed by atoms with Crippen LogP contribution in [-0.2, 0) is 6.42 Å². The Morgan fingerprint density at radius 3 is 2.77 bits per heavy atom. The summed E-state index contributed by atoms with van der Waals surface area (Å²) in [5.74, 6) is 0.111. The summed E-state index contributed by atoms with van der Waals surface area (Å²) in [7, 11) is 0. The predicted molar refractivity (Wildman–Crippen MR) is 55.2 cm³/mol. The summed E-state index contributed by atoms with van der Waals surface area (Å²) in [4.78, 5) is 10.6. The van der Waals surface area contributed by atoms with Gasteiger partial charge in [-0.25, -0.2) is 0 Å². The SMILES string of the molecule is CCCc1cc(Br)cc(C=O)c1O. The molecule has 3 heteroatoms. The van der Waals surface area contributed by atoms with E-state index in [0.717, 1.165) is 22.9 Å². The average Bonchev–Trinajstić information content (AvgIpc) is 2.11. The van der Waals surface area contributed by atoms with Gasteiger partial charge in [-0.1, -0.05) is 29.3 Å². The molecule has 0 radical (unpaired) electrons.